The number of carboxylic acids is 1. The van der Waals surface area contributed by atoms with Gasteiger partial charge in [0.1, 0.15) is 0 Å². The number of allylic oxidation sites excluding steroid dienone is 3. The lowest BCUT2D eigenvalue weighted by molar-refractivity contribution is -0.131. The van der Waals surface area contributed by atoms with Gasteiger partial charge in [0, 0.05) is 6.08 Å². The zero-order chi connectivity index (χ0) is 7.98. The zero-order valence-corrected chi connectivity index (χ0v) is 6.29. The van der Waals surface area contributed by atoms with Crippen LogP contribution >= 0.6 is 0 Å². The zero-order valence-electron chi connectivity index (χ0n) is 6.29. The Hall–Kier alpha value is -1.05. The number of aliphatic carboxylic acids is 1. The van der Waals surface area contributed by atoms with Gasteiger partial charge in [-0.2, -0.15) is 0 Å². The number of hydrogen-bond acceptors (Lipinski definition) is 1. The third-order valence-electron chi connectivity index (χ3n) is 0.968. The van der Waals surface area contributed by atoms with Gasteiger partial charge >= 0.3 is 5.97 Å². The van der Waals surface area contributed by atoms with E-state index in [0.717, 1.165) is 12.0 Å². The first kappa shape index (κ1) is 8.95. The van der Waals surface area contributed by atoms with E-state index in [-0.39, 0.29) is 0 Å². The summed E-state index contributed by atoms with van der Waals surface area (Å²) in [5, 5.41) is 8.27. The van der Waals surface area contributed by atoms with Crippen molar-refractivity contribution in [1.29, 1.82) is 0 Å². The van der Waals surface area contributed by atoms with Gasteiger partial charge in [0.15, 0.2) is 0 Å². The molecule has 0 saturated heterocycles. The van der Waals surface area contributed by atoms with Crippen LogP contribution in [0.1, 0.15) is 20.3 Å². The van der Waals surface area contributed by atoms with Crippen LogP contribution in [-0.2, 0) is 4.79 Å². The molecule has 2 heteroatoms. The van der Waals surface area contributed by atoms with E-state index in [9.17, 15) is 4.79 Å². The van der Waals surface area contributed by atoms with Gasteiger partial charge in [0.25, 0.3) is 0 Å². The fourth-order valence-electron chi connectivity index (χ4n) is 0.547. The van der Waals surface area contributed by atoms with Crippen LogP contribution in [0.4, 0.5) is 0 Å². The lowest BCUT2D eigenvalue weighted by Crippen LogP contribution is -1.87. The summed E-state index contributed by atoms with van der Waals surface area (Å²) in [5.41, 5.74) is 0.773. The molecule has 2 nitrogen and oxygen atoms in total. The smallest absolute Gasteiger partial charge is 0.328 e. The fourth-order valence-corrected chi connectivity index (χ4v) is 0.547. The van der Waals surface area contributed by atoms with Gasteiger partial charge in [-0.3, -0.25) is 0 Å². The van der Waals surface area contributed by atoms with Gasteiger partial charge in [-0.25, -0.2) is 4.79 Å². The van der Waals surface area contributed by atoms with Crippen LogP contribution in [0.25, 0.3) is 0 Å². The van der Waals surface area contributed by atoms with E-state index < -0.39 is 5.97 Å². The minimum Gasteiger partial charge on any atom is -0.478 e. The molecule has 0 aromatic heterocycles. The molecule has 0 radical (unpaired) electrons. The summed E-state index contributed by atoms with van der Waals surface area (Å²) in [5.74, 6) is -0.891. The van der Waals surface area contributed by atoms with Crippen molar-refractivity contribution < 1.29 is 9.90 Å². The van der Waals surface area contributed by atoms with E-state index >= 15 is 0 Å². The second kappa shape index (κ2) is 4.79. The summed E-state index contributed by atoms with van der Waals surface area (Å²) in [7, 11) is 0. The molecule has 0 fully saturated rings. The summed E-state index contributed by atoms with van der Waals surface area (Å²) in [6, 6.07) is 0. The second-order valence-electron chi connectivity index (χ2n) is 2.04. The Balaban J connectivity index is 3.94. The molecule has 0 aromatic carbocycles. The van der Waals surface area contributed by atoms with Crippen LogP contribution in [0.5, 0.6) is 0 Å². The Morgan fingerprint density at radius 1 is 1.60 bits per heavy atom. The second-order valence-corrected chi connectivity index (χ2v) is 2.04. The quantitative estimate of drug-likeness (QED) is 0.480. The van der Waals surface area contributed by atoms with Crippen LogP contribution in [0.3, 0.4) is 0 Å². The van der Waals surface area contributed by atoms with Crippen LogP contribution in [0, 0.1) is 0 Å². The van der Waals surface area contributed by atoms with Crippen molar-refractivity contribution in [3.63, 3.8) is 0 Å². The highest BCUT2D eigenvalue weighted by Gasteiger charge is 1.87. The summed E-state index contributed by atoms with van der Waals surface area (Å²) in [6.45, 7) is 3.77. The number of carboxylic acid groups (broad SMARTS) is 1. The molecule has 0 unspecified atom stereocenters. The van der Waals surface area contributed by atoms with Gasteiger partial charge < -0.3 is 5.11 Å². The van der Waals surface area contributed by atoms with Crippen molar-refractivity contribution in [3.05, 3.63) is 23.8 Å². The average molecular weight is 140 g/mol. The van der Waals surface area contributed by atoms with Crippen molar-refractivity contribution in [2.75, 3.05) is 0 Å². The Bertz CT molecular complexity index is 166. The number of carbonyl (C=O) groups is 1. The minimum absolute atomic E-state index is 0.773. The first-order valence-electron chi connectivity index (χ1n) is 3.24. The third-order valence-corrected chi connectivity index (χ3v) is 0.968. The largest absolute Gasteiger partial charge is 0.478 e. The molecule has 0 rings (SSSR count). The standard InChI is InChI=1S/C8H12O2/c1-3-4-5-7(2)6-8(9)10/h4-6H,3H2,1-2H3,(H,9,10)/b5-4+,7-6-. The van der Waals surface area contributed by atoms with Gasteiger partial charge in [-0.15, -0.1) is 0 Å². The predicted octanol–water partition coefficient (Wildman–Crippen LogP) is 1.98. The van der Waals surface area contributed by atoms with Crippen LogP contribution in [0.2, 0.25) is 0 Å². The first-order valence-corrected chi connectivity index (χ1v) is 3.24. The van der Waals surface area contributed by atoms with E-state index in [1.165, 1.54) is 6.08 Å². The maximum Gasteiger partial charge on any atom is 0.328 e. The van der Waals surface area contributed by atoms with Crippen molar-refractivity contribution >= 4 is 5.97 Å². The molecule has 0 aromatic rings. The Labute approximate surface area is 60.9 Å². The molecule has 0 spiro atoms. The highest BCUT2D eigenvalue weighted by atomic mass is 16.4. The molecule has 56 valence electrons. The highest BCUT2D eigenvalue weighted by Crippen LogP contribution is 1.94. The Morgan fingerprint density at radius 3 is 2.60 bits per heavy atom. The molecular weight excluding hydrogens is 128 g/mol. The Kier molecular flexibility index (Phi) is 4.29. The molecule has 0 heterocycles. The normalized spacial score (nSPS) is 12.4. The third kappa shape index (κ3) is 5.09. The molecule has 1 N–H and O–H groups in total. The number of rotatable bonds is 3. The van der Waals surface area contributed by atoms with Crippen LogP contribution in [0.15, 0.2) is 23.8 Å². The first-order chi connectivity index (χ1) is 4.66. The van der Waals surface area contributed by atoms with Gasteiger partial charge in [-0.1, -0.05) is 19.1 Å². The maximum atomic E-state index is 10.1. The van der Waals surface area contributed by atoms with E-state index in [2.05, 4.69) is 0 Å². The van der Waals surface area contributed by atoms with Gasteiger partial charge in [0.05, 0.1) is 0 Å². The van der Waals surface area contributed by atoms with Crippen molar-refractivity contribution in [2.24, 2.45) is 0 Å². The van der Waals surface area contributed by atoms with E-state index in [1.54, 1.807) is 13.0 Å². The molecule has 0 bridgehead atoms. The van der Waals surface area contributed by atoms with Crippen LogP contribution in [-0.4, -0.2) is 11.1 Å². The monoisotopic (exact) mass is 140 g/mol. The van der Waals surface area contributed by atoms with E-state index in [1.807, 2.05) is 13.0 Å². The summed E-state index contributed by atoms with van der Waals surface area (Å²) < 4.78 is 0. The fraction of sp³-hybridized carbons (Fsp3) is 0.375. The van der Waals surface area contributed by atoms with Gasteiger partial charge in [0.2, 0.25) is 0 Å². The molecule has 0 saturated carbocycles. The Morgan fingerprint density at radius 2 is 2.20 bits per heavy atom. The molecular formula is C8H12O2. The summed E-state index contributed by atoms with van der Waals surface area (Å²) >= 11 is 0. The molecule has 10 heavy (non-hydrogen) atoms. The van der Waals surface area contributed by atoms with Crippen molar-refractivity contribution in [3.8, 4) is 0 Å². The average Bonchev–Trinajstić information content (AvgIpc) is 1.82. The summed E-state index contributed by atoms with van der Waals surface area (Å²) in [4.78, 5) is 10.1. The number of hydrogen-bond donors (Lipinski definition) is 1. The molecule has 0 aliphatic heterocycles. The minimum atomic E-state index is -0.891. The summed E-state index contributed by atoms with van der Waals surface area (Å²) in [6.07, 6.45) is 5.85. The maximum absolute atomic E-state index is 10.1. The topological polar surface area (TPSA) is 37.3 Å². The highest BCUT2D eigenvalue weighted by molar-refractivity contribution is 5.81. The lowest BCUT2D eigenvalue weighted by Gasteiger charge is -1.86. The lowest BCUT2D eigenvalue weighted by atomic mass is 10.2. The SMILES string of the molecule is CC/C=C/C(C)=C\C(=O)O. The predicted molar refractivity (Wildman–Crippen MR) is 40.8 cm³/mol. The molecule has 0 amide bonds. The van der Waals surface area contributed by atoms with Crippen molar-refractivity contribution in [2.45, 2.75) is 20.3 Å². The molecule has 0 aliphatic carbocycles. The van der Waals surface area contributed by atoms with Gasteiger partial charge in [-0.05, 0) is 18.9 Å². The van der Waals surface area contributed by atoms with E-state index in [4.69, 9.17) is 5.11 Å². The molecule has 0 atom stereocenters. The van der Waals surface area contributed by atoms with Crippen LogP contribution < -0.4 is 0 Å². The molecule has 0 aliphatic rings. The van der Waals surface area contributed by atoms with Crippen molar-refractivity contribution in [1.82, 2.24) is 0 Å². The van der Waals surface area contributed by atoms with E-state index in [0.29, 0.717) is 0 Å².